The molecule has 3 N–H and O–H groups in total. The molecule has 0 unspecified atom stereocenters. The van der Waals surface area contributed by atoms with E-state index in [0.29, 0.717) is 29.0 Å². The van der Waals surface area contributed by atoms with Gasteiger partial charge in [-0.1, -0.05) is 19.1 Å². The first kappa shape index (κ1) is 27.3. The molecule has 1 aliphatic heterocycles. The number of pyridine rings is 1. The number of carbonyl (C=O) groups excluding carboxylic acids is 1. The number of aliphatic hydroxyl groups excluding tert-OH is 1. The average molecular weight is 524 g/mol. The molecule has 1 saturated carbocycles. The Morgan fingerprint density at radius 1 is 1.24 bits per heavy atom. The molecule has 0 saturated heterocycles. The number of aliphatic hydroxyl groups is 1. The molecular weight excluding hydrogens is 490 g/mol. The van der Waals surface area contributed by atoms with E-state index in [1.165, 1.54) is 25.3 Å². The third-order valence-corrected chi connectivity index (χ3v) is 7.34. The van der Waals surface area contributed by atoms with Crippen molar-refractivity contribution in [3.8, 4) is 5.88 Å². The number of benzene rings is 1. The number of nitrogens with zero attached hydrogens (tertiary/aromatic N) is 1. The van der Waals surface area contributed by atoms with Crippen LogP contribution in [0.4, 0.5) is 17.6 Å². The van der Waals surface area contributed by atoms with E-state index in [2.05, 4.69) is 15.6 Å². The maximum atomic E-state index is 13.7. The third kappa shape index (κ3) is 6.78. The maximum absolute atomic E-state index is 13.7. The van der Waals surface area contributed by atoms with Crippen molar-refractivity contribution < 1.29 is 32.2 Å². The van der Waals surface area contributed by atoms with Gasteiger partial charge in [0.05, 0.1) is 18.1 Å². The summed E-state index contributed by atoms with van der Waals surface area (Å²) < 4.78 is 59.2. The Balaban J connectivity index is 1.50. The number of rotatable bonds is 9. The molecule has 202 valence electrons. The first-order valence-electron chi connectivity index (χ1n) is 12.6. The van der Waals surface area contributed by atoms with Gasteiger partial charge in [0.15, 0.2) is 0 Å². The highest BCUT2D eigenvalue weighted by Crippen LogP contribution is 2.48. The van der Waals surface area contributed by atoms with Crippen molar-refractivity contribution in [3.05, 3.63) is 59.0 Å². The van der Waals surface area contributed by atoms with Crippen LogP contribution in [0.2, 0.25) is 0 Å². The number of hydrogen-bond donors (Lipinski definition) is 3. The zero-order valence-electron chi connectivity index (χ0n) is 20.9. The molecule has 1 amide bonds. The largest absolute Gasteiger partial charge is 0.471 e. The van der Waals surface area contributed by atoms with E-state index in [0.717, 1.165) is 26.2 Å². The van der Waals surface area contributed by atoms with Crippen LogP contribution < -0.4 is 15.4 Å². The topological polar surface area (TPSA) is 83.5 Å². The summed E-state index contributed by atoms with van der Waals surface area (Å²) in [6.07, 6.45) is -0.493. The molecule has 0 bridgehead atoms. The molecule has 2 aliphatic rings. The minimum atomic E-state index is -4.30. The van der Waals surface area contributed by atoms with Crippen LogP contribution in [0.5, 0.6) is 5.88 Å². The Labute approximate surface area is 213 Å². The van der Waals surface area contributed by atoms with Gasteiger partial charge in [0, 0.05) is 37.7 Å². The number of nitrogens with one attached hydrogen (secondary N) is 2. The predicted molar refractivity (Wildman–Crippen MR) is 129 cm³/mol. The highest BCUT2D eigenvalue weighted by atomic mass is 19.4. The van der Waals surface area contributed by atoms with Crippen molar-refractivity contribution in [1.29, 1.82) is 0 Å². The Bertz CT molecular complexity index is 1110. The fourth-order valence-electron chi connectivity index (χ4n) is 5.09. The van der Waals surface area contributed by atoms with Crippen molar-refractivity contribution in [2.75, 3.05) is 6.54 Å². The van der Waals surface area contributed by atoms with Crippen LogP contribution in [0.1, 0.15) is 62.3 Å². The second-order valence-corrected chi connectivity index (χ2v) is 10.4. The summed E-state index contributed by atoms with van der Waals surface area (Å²) in [5.41, 5.74) is 1.39. The SMILES string of the molecule is CC(=O)N[C@@H](Cc1cccc(F)c1)[C@@H](O)CN[C@H]1CC2(CCC2)Oc2ncc(C[C@@H](C)C(F)(F)F)cc21. The average Bonchev–Trinajstić information content (AvgIpc) is 2.80. The van der Waals surface area contributed by atoms with Crippen molar-refractivity contribution >= 4 is 5.91 Å². The summed E-state index contributed by atoms with van der Waals surface area (Å²) in [6, 6.07) is 6.73. The number of alkyl halides is 3. The van der Waals surface area contributed by atoms with Crippen LogP contribution in [0.3, 0.4) is 0 Å². The van der Waals surface area contributed by atoms with E-state index in [4.69, 9.17) is 4.74 Å². The lowest BCUT2D eigenvalue weighted by Gasteiger charge is -2.47. The van der Waals surface area contributed by atoms with Gasteiger partial charge >= 0.3 is 6.18 Å². The first-order chi connectivity index (χ1) is 17.4. The fraction of sp³-hybridized carbons (Fsp3) is 0.556. The van der Waals surface area contributed by atoms with Gasteiger partial charge in [-0.15, -0.1) is 0 Å². The Morgan fingerprint density at radius 2 is 2.00 bits per heavy atom. The molecule has 37 heavy (non-hydrogen) atoms. The van der Waals surface area contributed by atoms with E-state index in [9.17, 15) is 27.5 Å². The van der Waals surface area contributed by atoms with Gasteiger partial charge in [-0.3, -0.25) is 4.79 Å². The lowest BCUT2D eigenvalue weighted by Crippen LogP contribution is -2.52. The summed E-state index contributed by atoms with van der Waals surface area (Å²) in [4.78, 5) is 16.2. The molecule has 1 fully saturated rings. The molecule has 4 rings (SSSR count). The van der Waals surface area contributed by atoms with Gasteiger partial charge < -0.3 is 20.5 Å². The van der Waals surface area contributed by atoms with Crippen molar-refractivity contribution in [3.63, 3.8) is 0 Å². The molecular formula is C27H33F4N3O3. The smallest absolute Gasteiger partial charge is 0.391 e. The second kappa shape index (κ2) is 10.9. The zero-order valence-corrected chi connectivity index (χ0v) is 20.9. The number of carbonyl (C=O) groups is 1. The lowest BCUT2D eigenvalue weighted by molar-refractivity contribution is -0.169. The van der Waals surface area contributed by atoms with Crippen LogP contribution in [-0.2, 0) is 17.6 Å². The number of aromatic nitrogens is 1. The third-order valence-electron chi connectivity index (χ3n) is 7.34. The van der Waals surface area contributed by atoms with Gasteiger partial charge in [0.1, 0.15) is 11.4 Å². The number of ether oxygens (including phenoxy) is 1. The van der Waals surface area contributed by atoms with Gasteiger partial charge in [0.2, 0.25) is 11.8 Å². The van der Waals surface area contributed by atoms with E-state index < -0.39 is 30.1 Å². The van der Waals surface area contributed by atoms with Crippen molar-refractivity contribution in [1.82, 2.24) is 15.6 Å². The number of halogens is 4. The summed E-state index contributed by atoms with van der Waals surface area (Å²) in [7, 11) is 0. The van der Waals surface area contributed by atoms with Crippen molar-refractivity contribution in [2.24, 2.45) is 5.92 Å². The number of hydrogen-bond acceptors (Lipinski definition) is 5. The van der Waals surface area contributed by atoms with Crippen molar-refractivity contribution in [2.45, 2.75) is 82.3 Å². The van der Waals surface area contributed by atoms with E-state index in [1.54, 1.807) is 18.2 Å². The monoisotopic (exact) mass is 523 g/mol. The number of fused-ring (bicyclic) bond motifs is 1. The van der Waals surface area contributed by atoms with Crippen LogP contribution in [-0.4, -0.2) is 46.5 Å². The van der Waals surface area contributed by atoms with Crippen LogP contribution in [0.15, 0.2) is 36.5 Å². The molecule has 1 aromatic heterocycles. The van der Waals surface area contributed by atoms with Gasteiger partial charge in [-0.05, 0) is 61.4 Å². The molecule has 6 nitrogen and oxygen atoms in total. The highest BCUT2D eigenvalue weighted by molar-refractivity contribution is 5.73. The quantitative estimate of drug-likeness (QED) is 0.425. The zero-order chi connectivity index (χ0) is 26.8. The second-order valence-electron chi connectivity index (χ2n) is 10.4. The van der Waals surface area contributed by atoms with E-state index in [1.807, 2.05) is 0 Å². The first-order valence-corrected chi connectivity index (χ1v) is 12.6. The Morgan fingerprint density at radius 3 is 2.62 bits per heavy atom. The molecule has 10 heteroatoms. The fourth-order valence-corrected chi connectivity index (χ4v) is 5.09. The van der Waals surface area contributed by atoms with Crippen LogP contribution >= 0.6 is 0 Å². The van der Waals surface area contributed by atoms with Crippen LogP contribution in [0.25, 0.3) is 0 Å². The van der Waals surface area contributed by atoms with Gasteiger partial charge in [-0.25, -0.2) is 9.37 Å². The van der Waals surface area contributed by atoms with Crippen LogP contribution in [0, 0.1) is 11.7 Å². The molecule has 1 aliphatic carbocycles. The normalized spacial score (nSPS) is 20.8. The maximum Gasteiger partial charge on any atom is 0.391 e. The highest BCUT2D eigenvalue weighted by Gasteiger charge is 2.46. The number of amides is 1. The van der Waals surface area contributed by atoms with Gasteiger partial charge in [-0.2, -0.15) is 13.2 Å². The van der Waals surface area contributed by atoms with E-state index in [-0.39, 0.29) is 36.9 Å². The summed E-state index contributed by atoms with van der Waals surface area (Å²) in [5.74, 6) is -1.83. The van der Waals surface area contributed by atoms with E-state index >= 15 is 0 Å². The molecule has 0 radical (unpaired) electrons. The molecule has 4 atom stereocenters. The standard InChI is InChI=1S/C27H33F4N3O3/c1-16(27(29,30)31)9-19-11-21-23(13-26(7-4-8-26)37-25(21)33-14-19)32-15-24(36)22(34-17(2)35)12-18-5-3-6-20(28)10-18/h3,5-6,10-11,14,16,22-24,32,36H,4,7-9,12-13,15H2,1-2H3,(H,34,35)/t16-,22+,23+,24+/m1/s1. The summed E-state index contributed by atoms with van der Waals surface area (Å²) in [5, 5.41) is 17.1. The summed E-state index contributed by atoms with van der Waals surface area (Å²) >= 11 is 0. The predicted octanol–water partition coefficient (Wildman–Crippen LogP) is 4.41. The Hall–Kier alpha value is -2.72. The molecule has 2 heterocycles. The Kier molecular flexibility index (Phi) is 8.08. The molecule has 2 aromatic rings. The summed E-state index contributed by atoms with van der Waals surface area (Å²) in [6.45, 7) is 2.60. The lowest BCUT2D eigenvalue weighted by atomic mass is 9.73. The minimum Gasteiger partial charge on any atom is -0.471 e. The molecule has 1 aromatic carbocycles. The molecule has 1 spiro atoms. The minimum absolute atomic E-state index is 0.101. The van der Waals surface area contributed by atoms with Gasteiger partial charge in [0.25, 0.3) is 0 Å².